The van der Waals surface area contributed by atoms with Gasteiger partial charge in [0.1, 0.15) is 0 Å². The van der Waals surface area contributed by atoms with Crippen molar-refractivity contribution in [2.24, 2.45) is 11.5 Å². The quantitative estimate of drug-likeness (QED) is 0.796. The predicted octanol–water partition coefficient (Wildman–Crippen LogP) is 1.06. The van der Waals surface area contributed by atoms with Gasteiger partial charge in [0.15, 0.2) is 0 Å². The highest BCUT2D eigenvalue weighted by Gasteiger charge is 2.15. The Morgan fingerprint density at radius 2 is 1.94 bits per heavy atom. The van der Waals surface area contributed by atoms with Gasteiger partial charge in [0.05, 0.1) is 0 Å². The molecule has 1 heterocycles. The van der Waals surface area contributed by atoms with Gasteiger partial charge in [0, 0.05) is 31.9 Å². The molecule has 2 rings (SSSR count). The second kappa shape index (κ2) is 5.14. The van der Waals surface area contributed by atoms with Gasteiger partial charge in [-0.1, -0.05) is 30.3 Å². The van der Waals surface area contributed by atoms with E-state index in [4.69, 9.17) is 11.5 Å². The number of hydrogen-bond acceptors (Lipinski definition) is 3. The molecule has 0 aromatic heterocycles. The third-order valence-electron chi connectivity index (χ3n) is 3.06. The van der Waals surface area contributed by atoms with Gasteiger partial charge in [-0.05, 0) is 17.6 Å². The Kier molecular flexibility index (Phi) is 3.59. The van der Waals surface area contributed by atoms with Crippen molar-refractivity contribution in [3.05, 3.63) is 47.2 Å². The Balaban J connectivity index is 1.99. The van der Waals surface area contributed by atoms with Crippen LogP contribution in [0.4, 0.5) is 0 Å². The van der Waals surface area contributed by atoms with Crippen LogP contribution in [0.25, 0.3) is 0 Å². The number of rotatable bonds is 3. The van der Waals surface area contributed by atoms with Crippen LogP contribution in [0.15, 0.2) is 41.6 Å². The van der Waals surface area contributed by atoms with Gasteiger partial charge in [0.25, 0.3) is 0 Å². The second-order valence-electron chi connectivity index (χ2n) is 4.28. The summed E-state index contributed by atoms with van der Waals surface area (Å²) in [6, 6.07) is 10.5. The van der Waals surface area contributed by atoms with Crippen molar-refractivity contribution in [1.82, 2.24) is 4.90 Å². The van der Waals surface area contributed by atoms with Gasteiger partial charge in [-0.2, -0.15) is 0 Å². The first-order chi connectivity index (χ1) is 7.79. The van der Waals surface area contributed by atoms with Crippen LogP contribution in [0.3, 0.4) is 0 Å². The second-order valence-corrected chi connectivity index (χ2v) is 4.28. The lowest BCUT2D eigenvalue weighted by atomic mass is 10.1. The van der Waals surface area contributed by atoms with Crippen molar-refractivity contribution in [3.8, 4) is 0 Å². The molecule has 1 aromatic rings. The van der Waals surface area contributed by atoms with E-state index < -0.39 is 0 Å². The molecule has 16 heavy (non-hydrogen) atoms. The molecule has 86 valence electrons. The first-order valence-electron chi connectivity index (χ1n) is 5.72. The van der Waals surface area contributed by atoms with Gasteiger partial charge in [-0.3, -0.25) is 4.90 Å². The van der Waals surface area contributed by atoms with E-state index in [9.17, 15) is 0 Å². The van der Waals surface area contributed by atoms with E-state index in [0.717, 1.165) is 31.8 Å². The molecule has 1 aromatic carbocycles. The molecular formula is C13H19N3. The maximum absolute atomic E-state index is 5.92. The van der Waals surface area contributed by atoms with Gasteiger partial charge >= 0.3 is 0 Å². The zero-order valence-corrected chi connectivity index (χ0v) is 9.52. The fourth-order valence-electron chi connectivity index (χ4n) is 2.08. The summed E-state index contributed by atoms with van der Waals surface area (Å²) in [5.74, 6) is 0. The van der Waals surface area contributed by atoms with Crippen molar-refractivity contribution in [2.75, 3.05) is 19.6 Å². The Hall–Kier alpha value is -1.32. The molecular weight excluding hydrogens is 198 g/mol. The molecule has 0 fully saturated rings. The maximum Gasteiger partial charge on any atom is 0.0237 e. The maximum atomic E-state index is 5.92. The molecule has 0 atom stereocenters. The summed E-state index contributed by atoms with van der Waals surface area (Å²) in [6.07, 6.45) is 0.944. The van der Waals surface area contributed by atoms with Gasteiger partial charge < -0.3 is 11.5 Å². The zero-order valence-electron chi connectivity index (χ0n) is 9.52. The number of nitrogens with two attached hydrogens (primary N) is 2. The lowest BCUT2D eigenvalue weighted by molar-refractivity contribution is 0.275. The first-order valence-corrected chi connectivity index (χ1v) is 5.72. The zero-order chi connectivity index (χ0) is 11.4. The molecule has 0 amide bonds. The van der Waals surface area contributed by atoms with Crippen molar-refractivity contribution in [3.63, 3.8) is 0 Å². The monoisotopic (exact) mass is 217 g/mol. The molecule has 0 radical (unpaired) electrons. The van der Waals surface area contributed by atoms with Crippen LogP contribution in [-0.2, 0) is 6.54 Å². The van der Waals surface area contributed by atoms with E-state index in [-0.39, 0.29) is 0 Å². The lowest BCUT2D eigenvalue weighted by Crippen LogP contribution is -2.35. The fraction of sp³-hybridized carbons (Fsp3) is 0.385. The normalized spacial score (nSPS) is 17.8. The van der Waals surface area contributed by atoms with Crippen LogP contribution in [0.5, 0.6) is 0 Å². The fourth-order valence-corrected chi connectivity index (χ4v) is 2.08. The Labute approximate surface area is 96.7 Å². The number of hydrogen-bond donors (Lipinski definition) is 2. The van der Waals surface area contributed by atoms with Crippen LogP contribution in [-0.4, -0.2) is 24.5 Å². The molecule has 4 N–H and O–H groups in total. The minimum Gasteiger partial charge on any atom is -0.402 e. The Morgan fingerprint density at radius 3 is 2.62 bits per heavy atom. The summed E-state index contributed by atoms with van der Waals surface area (Å²) in [5.41, 5.74) is 15.1. The average molecular weight is 217 g/mol. The molecule has 0 spiro atoms. The summed E-state index contributed by atoms with van der Waals surface area (Å²) >= 11 is 0. The van der Waals surface area contributed by atoms with Crippen LogP contribution in [0, 0.1) is 0 Å². The average Bonchev–Trinajstić information content (AvgIpc) is 2.33. The van der Waals surface area contributed by atoms with E-state index in [1.165, 1.54) is 11.1 Å². The largest absolute Gasteiger partial charge is 0.402 e. The van der Waals surface area contributed by atoms with Gasteiger partial charge in [-0.15, -0.1) is 0 Å². The lowest BCUT2D eigenvalue weighted by Gasteiger charge is -2.29. The van der Waals surface area contributed by atoms with E-state index >= 15 is 0 Å². The van der Waals surface area contributed by atoms with Crippen molar-refractivity contribution >= 4 is 0 Å². The summed E-state index contributed by atoms with van der Waals surface area (Å²) < 4.78 is 0. The third-order valence-corrected chi connectivity index (χ3v) is 3.06. The minimum absolute atomic E-state index is 0.580. The first kappa shape index (κ1) is 11.2. The van der Waals surface area contributed by atoms with Gasteiger partial charge in [-0.25, -0.2) is 0 Å². The molecule has 1 aliphatic heterocycles. The standard InChI is InChI=1S/C13H19N3/c14-8-12-10-16(7-6-13(12)15)9-11-4-2-1-3-5-11/h1-5H,6-10,14-15H2. The van der Waals surface area contributed by atoms with Crippen LogP contribution < -0.4 is 11.5 Å². The summed E-state index contributed by atoms with van der Waals surface area (Å²) in [7, 11) is 0. The molecule has 0 bridgehead atoms. The van der Waals surface area contributed by atoms with E-state index in [2.05, 4.69) is 29.2 Å². The highest BCUT2D eigenvalue weighted by molar-refractivity contribution is 5.19. The van der Waals surface area contributed by atoms with Crippen molar-refractivity contribution < 1.29 is 0 Å². The van der Waals surface area contributed by atoms with Crippen LogP contribution in [0.1, 0.15) is 12.0 Å². The van der Waals surface area contributed by atoms with Crippen LogP contribution in [0.2, 0.25) is 0 Å². The molecule has 1 aliphatic rings. The Bertz CT molecular complexity index is 370. The highest BCUT2D eigenvalue weighted by Crippen LogP contribution is 2.15. The van der Waals surface area contributed by atoms with Crippen molar-refractivity contribution in [1.29, 1.82) is 0 Å². The number of nitrogens with zero attached hydrogens (tertiary/aromatic N) is 1. The third kappa shape index (κ3) is 2.62. The molecule has 0 saturated heterocycles. The van der Waals surface area contributed by atoms with E-state index in [1.807, 2.05) is 6.07 Å². The summed E-state index contributed by atoms with van der Waals surface area (Å²) in [6.45, 7) is 3.51. The van der Waals surface area contributed by atoms with E-state index in [1.54, 1.807) is 0 Å². The SMILES string of the molecule is NCC1=C(N)CCN(Cc2ccccc2)C1. The van der Waals surface area contributed by atoms with Crippen molar-refractivity contribution in [2.45, 2.75) is 13.0 Å². The summed E-state index contributed by atoms with van der Waals surface area (Å²) in [4.78, 5) is 2.40. The molecule has 0 unspecified atom stereocenters. The van der Waals surface area contributed by atoms with Crippen LogP contribution >= 0.6 is 0 Å². The summed E-state index contributed by atoms with van der Waals surface area (Å²) in [5, 5.41) is 0. The highest BCUT2D eigenvalue weighted by atomic mass is 15.1. The topological polar surface area (TPSA) is 55.3 Å². The van der Waals surface area contributed by atoms with Gasteiger partial charge in [0.2, 0.25) is 0 Å². The number of benzene rings is 1. The predicted molar refractivity (Wildman–Crippen MR) is 66.6 cm³/mol. The smallest absolute Gasteiger partial charge is 0.0237 e. The Morgan fingerprint density at radius 1 is 1.19 bits per heavy atom. The molecule has 3 nitrogen and oxygen atoms in total. The minimum atomic E-state index is 0.580. The molecule has 0 aliphatic carbocycles. The molecule has 3 heteroatoms. The molecule has 0 saturated carbocycles. The van der Waals surface area contributed by atoms with E-state index in [0.29, 0.717) is 6.54 Å².